The number of aliphatic imine (C=N–C) groups is 1. The molecule has 3 aromatic carbocycles. The molecular formula is C34H36FN5O3. The number of benzodiazepines with no additional fused rings is 1. The summed E-state index contributed by atoms with van der Waals surface area (Å²) in [5, 5.41) is 0. The molecular weight excluding hydrogens is 545 g/mol. The van der Waals surface area contributed by atoms with Crippen LogP contribution in [0.15, 0.2) is 77.8 Å². The van der Waals surface area contributed by atoms with Gasteiger partial charge >= 0.3 is 6.03 Å². The zero-order chi connectivity index (χ0) is 30.1. The fourth-order valence-corrected chi connectivity index (χ4v) is 6.66. The number of rotatable bonds is 6. The summed E-state index contributed by atoms with van der Waals surface area (Å²) in [6.45, 7) is 3.11. The molecule has 0 aromatic heterocycles. The lowest BCUT2D eigenvalue weighted by molar-refractivity contribution is -0.132. The molecule has 43 heavy (non-hydrogen) atoms. The summed E-state index contributed by atoms with van der Waals surface area (Å²) < 4.78 is 15.3. The lowest BCUT2D eigenvalue weighted by Crippen LogP contribution is -2.54. The summed E-state index contributed by atoms with van der Waals surface area (Å²) in [6.07, 6.45) is 3.70. The van der Waals surface area contributed by atoms with Crippen LogP contribution in [0, 0.1) is 17.7 Å². The molecule has 2 saturated heterocycles. The number of anilines is 2. The van der Waals surface area contributed by atoms with Gasteiger partial charge in [-0.15, -0.1) is 0 Å². The normalized spacial score (nSPS) is 21.5. The fourth-order valence-electron chi connectivity index (χ4n) is 6.66. The van der Waals surface area contributed by atoms with Crippen LogP contribution in [0.4, 0.5) is 20.6 Å². The molecule has 222 valence electrons. The number of carbonyl (C=O) groups excluding carboxylic acids is 3. The predicted octanol–water partition coefficient (Wildman–Crippen LogP) is 5.13. The third-order valence-corrected chi connectivity index (χ3v) is 8.97. The first kappa shape index (κ1) is 28.6. The molecule has 1 atom stereocenters. The Hall–Kier alpha value is -4.53. The Kier molecular flexibility index (Phi) is 7.97. The second-order valence-corrected chi connectivity index (χ2v) is 11.7. The third-order valence-electron chi connectivity index (χ3n) is 8.97. The molecule has 4 aliphatic rings. The van der Waals surface area contributed by atoms with Crippen molar-refractivity contribution >= 4 is 34.9 Å². The number of hydrogen-bond acceptors (Lipinski definition) is 4. The number of amides is 4. The molecule has 7 rings (SSSR count). The monoisotopic (exact) mass is 581 g/mol. The summed E-state index contributed by atoms with van der Waals surface area (Å²) in [5.41, 5.74) is 8.56. The molecule has 9 heteroatoms. The predicted molar refractivity (Wildman–Crippen MR) is 165 cm³/mol. The van der Waals surface area contributed by atoms with Gasteiger partial charge in [-0.3, -0.25) is 19.4 Å². The molecule has 3 aliphatic heterocycles. The van der Waals surface area contributed by atoms with Crippen LogP contribution >= 0.6 is 0 Å². The van der Waals surface area contributed by atoms with Crippen molar-refractivity contribution in [1.82, 2.24) is 4.90 Å². The molecule has 2 bridgehead atoms. The van der Waals surface area contributed by atoms with Crippen LogP contribution in [-0.4, -0.2) is 54.3 Å². The molecule has 8 nitrogen and oxygen atoms in total. The van der Waals surface area contributed by atoms with Crippen molar-refractivity contribution < 1.29 is 18.8 Å². The van der Waals surface area contributed by atoms with Crippen molar-refractivity contribution in [3.8, 4) is 0 Å². The Morgan fingerprint density at radius 1 is 0.930 bits per heavy atom. The second-order valence-electron chi connectivity index (χ2n) is 11.7. The molecule has 2 N–H and O–H groups in total. The Balaban J connectivity index is 1.48. The molecule has 0 spiro atoms. The Labute approximate surface area is 251 Å². The van der Waals surface area contributed by atoms with Crippen molar-refractivity contribution in [3.05, 3.63) is 95.3 Å². The van der Waals surface area contributed by atoms with Crippen LogP contribution in [-0.2, 0) is 16.0 Å². The largest absolute Gasteiger partial charge is 0.351 e. The van der Waals surface area contributed by atoms with Gasteiger partial charge in [0.25, 0.3) is 5.91 Å². The average Bonchev–Trinajstić information content (AvgIpc) is 3.40. The highest BCUT2D eigenvalue weighted by Gasteiger charge is 2.40. The summed E-state index contributed by atoms with van der Waals surface area (Å²) in [6, 6.07) is 19.5. The van der Waals surface area contributed by atoms with Crippen LogP contribution in [0.2, 0.25) is 0 Å². The standard InChI is InChI=1S/C34H36FN5O3/c1-2-22-8-7-9-25(18-22)40(34(36)43)32-33(42)39(21-30(41)38-19-23-14-15-24(20-38)17-16-23)29-13-6-4-11-27(29)31(37-32)26-10-3-5-12-28(26)35/h3-13,18,23-24,32H,2,14-17,19-21H2,1H3,(H2,36,43)/t23?,24?,32-/m1/s1. The van der Waals surface area contributed by atoms with Crippen molar-refractivity contribution in [2.75, 3.05) is 29.4 Å². The number of primary amides is 1. The summed E-state index contributed by atoms with van der Waals surface area (Å²) in [5.74, 6) is -0.339. The van der Waals surface area contributed by atoms with Gasteiger partial charge in [0.2, 0.25) is 12.1 Å². The smallest absolute Gasteiger partial charge is 0.321 e. The molecule has 3 aromatic rings. The number of hydrogen-bond donors (Lipinski definition) is 1. The minimum atomic E-state index is -1.47. The second kappa shape index (κ2) is 12.0. The quantitative estimate of drug-likeness (QED) is 0.437. The molecule has 4 amide bonds. The number of nitrogens with two attached hydrogens (primary N) is 1. The lowest BCUT2D eigenvalue weighted by atomic mass is 9.84. The minimum absolute atomic E-state index is 0.159. The highest BCUT2D eigenvalue weighted by Crippen LogP contribution is 2.35. The van der Waals surface area contributed by atoms with E-state index in [-0.39, 0.29) is 23.7 Å². The SMILES string of the molecule is CCc1cccc(N(C(N)=O)[C@H]2N=C(c3ccccc3F)c3ccccc3N(CC(=O)N3CC4CCC(CC4)C3)C2=O)c1. The van der Waals surface area contributed by atoms with E-state index in [0.717, 1.165) is 36.1 Å². The maximum atomic E-state index is 15.3. The Morgan fingerprint density at radius 2 is 1.58 bits per heavy atom. The molecule has 3 heterocycles. The zero-order valence-electron chi connectivity index (χ0n) is 24.3. The van der Waals surface area contributed by atoms with Crippen LogP contribution < -0.4 is 15.5 Å². The van der Waals surface area contributed by atoms with E-state index in [1.54, 1.807) is 60.7 Å². The number of fused-ring (bicyclic) bond motifs is 5. The van der Waals surface area contributed by atoms with Gasteiger partial charge in [-0.2, -0.15) is 0 Å². The first-order valence-electron chi connectivity index (χ1n) is 15.0. The molecule has 1 saturated carbocycles. The maximum absolute atomic E-state index is 15.3. The zero-order valence-corrected chi connectivity index (χ0v) is 24.3. The lowest BCUT2D eigenvalue weighted by Gasteiger charge is -2.32. The highest BCUT2D eigenvalue weighted by atomic mass is 19.1. The topological polar surface area (TPSA) is 99.3 Å². The van der Waals surface area contributed by atoms with Crippen LogP contribution in [0.3, 0.4) is 0 Å². The average molecular weight is 582 g/mol. The number of urea groups is 1. The molecule has 3 fully saturated rings. The van der Waals surface area contributed by atoms with Crippen LogP contribution in [0.5, 0.6) is 0 Å². The third kappa shape index (κ3) is 5.63. The van der Waals surface area contributed by atoms with E-state index in [1.165, 1.54) is 11.0 Å². The van der Waals surface area contributed by atoms with E-state index in [1.807, 2.05) is 17.9 Å². The van der Waals surface area contributed by atoms with E-state index < -0.39 is 23.9 Å². The first-order valence-corrected chi connectivity index (χ1v) is 15.0. The number of halogens is 1. The molecule has 1 aliphatic carbocycles. The fraction of sp³-hybridized carbons (Fsp3) is 0.353. The summed E-state index contributed by atoms with van der Waals surface area (Å²) in [4.78, 5) is 50.8. The van der Waals surface area contributed by atoms with E-state index in [2.05, 4.69) is 0 Å². The number of carbonyl (C=O) groups is 3. The summed E-state index contributed by atoms with van der Waals surface area (Å²) >= 11 is 0. The molecule has 0 radical (unpaired) electrons. The van der Waals surface area contributed by atoms with Crippen molar-refractivity contribution in [2.45, 2.75) is 45.2 Å². The van der Waals surface area contributed by atoms with E-state index in [9.17, 15) is 14.4 Å². The molecule has 0 unspecified atom stereocenters. The van der Waals surface area contributed by atoms with Gasteiger partial charge in [-0.05, 0) is 79.8 Å². The van der Waals surface area contributed by atoms with Gasteiger partial charge in [0.15, 0.2) is 0 Å². The van der Waals surface area contributed by atoms with E-state index in [4.69, 9.17) is 10.7 Å². The first-order chi connectivity index (χ1) is 20.8. The van der Waals surface area contributed by atoms with Gasteiger partial charge in [-0.1, -0.05) is 49.4 Å². The number of nitrogens with zero attached hydrogens (tertiary/aromatic N) is 4. The minimum Gasteiger partial charge on any atom is -0.351 e. The van der Waals surface area contributed by atoms with E-state index in [0.29, 0.717) is 48.3 Å². The van der Waals surface area contributed by atoms with Crippen molar-refractivity contribution in [3.63, 3.8) is 0 Å². The van der Waals surface area contributed by atoms with Crippen molar-refractivity contribution in [1.29, 1.82) is 0 Å². The highest BCUT2D eigenvalue weighted by molar-refractivity contribution is 6.22. The van der Waals surface area contributed by atoms with Gasteiger partial charge in [0.1, 0.15) is 12.4 Å². The van der Waals surface area contributed by atoms with Crippen LogP contribution in [0.25, 0.3) is 0 Å². The van der Waals surface area contributed by atoms with Gasteiger partial charge in [0, 0.05) is 29.9 Å². The Morgan fingerprint density at radius 3 is 2.23 bits per heavy atom. The van der Waals surface area contributed by atoms with Gasteiger partial charge < -0.3 is 10.6 Å². The van der Waals surface area contributed by atoms with Gasteiger partial charge in [-0.25, -0.2) is 14.2 Å². The summed E-state index contributed by atoms with van der Waals surface area (Å²) in [7, 11) is 0. The number of para-hydroxylation sites is 1. The maximum Gasteiger partial charge on any atom is 0.321 e. The van der Waals surface area contributed by atoms with Crippen LogP contribution in [0.1, 0.15) is 49.3 Å². The van der Waals surface area contributed by atoms with Crippen molar-refractivity contribution in [2.24, 2.45) is 22.6 Å². The number of benzene rings is 3. The Bertz CT molecular complexity index is 1570. The van der Waals surface area contributed by atoms with Gasteiger partial charge in [0.05, 0.1) is 11.4 Å². The van der Waals surface area contributed by atoms with E-state index >= 15 is 4.39 Å². The number of aryl methyl sites for hydroxylation is 1.